The van der Waals surface area contributed by atoms with Crippen molar-refractivity contribution >= 4 is 17.5 Å². The SMILES string of the molecule is CO[C@@H]1CN(C)C(=O)c2cc(NC(=O)c3cccc(Oc4ccccc4)c3)ccc2OC[C@@H](C)NC[C@@H]1C. The van der Waals surface area contributed by atoms with Crippen LogP contribution in [0.2, 0.25) is 0 Å². The lowest BCUT2D eigenvalue weighted by Crippen LogP contribution is -2.44. The van der Waals surface area contributed by atoms with E-state index in [1.807, 2.05) is 37.3 Å². The average Bonchev–Trinajstić information content (AvgIpc) is 2.93. The molecular formula is C30H35N3O5. The molecule has 0 saturated heterocycles. The number of hydrogen-bond donors (Lipinski definition) is 2. The van der Waals surface area contributed by atoms with Gasteiger partial charge in [-0.3, -0.25) is 9.59 Å². The predicted octanol–water partition coefficient (Wildman–Crippen LogP) is 4.82. The van der Waals surface area contributed by atoms with Gasteiger partial charge in [0.1, 0.15) is 23.9 Å². The van der Waals surface area contributed by atoms with Crippen LogP contribution in [-0.4, -0.2) is 62.7 Å². The molecule has 1 aliphatic heterocycles. The summed E-state index contributed by atoms with van der Waals surface area (Å²) in [4.78, 5) is 28.2. The minimum atomic E-state index is -0.315. The second-order valence-corrected chi connectivity index (χ2v) is 9.67. The van der Waals surface area contributed by atoms with Crippen LogP contribution < -0.4 is 20.1 Å². The molecule has 2 N–H and O–H groups in total. The van der Waals surface area contributed by atoms with Crippen molar-refractivity contribution in [3.8, 4) is 17.2 Å². The number of carbonyl (C=O) groups excluding carboxylic acids is 2. The molecule has 4 rings (SSSR count). The Morgan fingerprint density at radius 2 is 1.79 bits per heavy atom. The van der Waals surface area contributed by atoms with Gasteiger partial charge < -0.3 is 29.7 Å². The van der Waals surface area contributed by atoms with Crippen LogP contribution in [-0.2, 0) is 4.74 Å². The topological polar surface area (TPSA) is 89.1 Å². The Balaban J connectivity index is 1.55. The Morgan fingerprint density at radius 1 is 1.03 bits per heavy atom. The summed E-state index contributed by atoms with van der Waals surface area (Å²) in [6.45, 7) is 5.71. The molecule has 0 aromatic heterocycles. The van der Waals surface area contributed by atoms with Gasteiger partial charge in [0.05, 0.1) is 11.7 Å². The predicted molar refractivity (Wildman–Crippen MR) is 147 cm³/mol. The van der Waals surface area contributed by atoms with E-state index in [0.29, 0.717) is 47.2 Å². The fourth-order valence-electron chi connectivity index (χ4n) is 4.27. The maximum atomic E-state index is 13.5. The number of hydrogen-bond acceptors (Lipinski definition) is 6. The molecule has 200 valence electrons. The molecule has 0 spiro atoms. The Kier molecular flexibility index (Phi) is 8.99. The highest BCUT2D eigenvalue weighted by Gasteiger charge is 2.25. The van der Waals surface area contributed by atoms with Gasteiger partial charge in [0.15, 0.2) is 0 Å². The third-order valence-electron chi connectivity index (χ3n) is 6.56. The minimum absolute atomic E-state index is 0.0832. The zero-order valence-corrected chi connectivity index (χ0v) is 22.3. The molecule has 0 bridgehead atoms. The van der Waals surface area contributed by atoms with Crippen molar-refractivity contribution < 1.29 is 23.8 Å². The van der Waals surface area contributed by atoms with Crippen molar-refractivity contribution in [2.24, 2.45) is 5.92 Å². The molecule has 3 atom stereocenters. The summed E-state index contributed by atoms with van der Waals surface area (Å²) >= 11 is 0. The van der Waals surface area contributed by atoms with E-state index < -0.39 is 0 Å². The van der Waals surface area contributed by atoms with Gasteiger partial charge in [-0.1, -0.05) is 31.2 Å². The molecule has 0 saturated carbocycles. The van der Waals surface area contributed by atoms with Crippen molar-refractivity contribution in [3.05, 3.63) is 83.9 Å². The average molecular weight is 518 g/mol. The molecule has 8 nitrogen and oxygen atoms in total. The number of methoxy groups -OCH3 is 1. The number of carbonyl (C=O) groups is 2. The molecule has 0 radical (unpaired) electrons. The van der Waals surface area contributed by atoms with E-state index in [1.54, 1.807) is 61.5 Å². The summed E-state index contributed by atoms with van der Waals surface area (Å²) in [7, 11) is 3.41. The van der Waals surface area contributed by atoms with Crippen molar-refractivity contribution in [3.63, 3.8) is 0 Å². The van der Waals surface area contributed by atoms with Gasteiger partial charge in [0.25, 0.3) is 11.8 Å². The maximum absolute atomic E-state index is 13.5. The van der Waals surface area contributed by atoms with Crippen LogP contribution >= 0.6 is 0 Å². The molecule has 2 amide bonds. The summed E-state index contributed by atoms with van der Waals surface area (Å²) in [5, 5.41) is 6.37. The van der Waals surface area contributed by atoms with Gasteiger partial charge in [-0.05, 0) is 61.4 Å². The second kappa shape index (κ2) is 12.6. The zero-order valence-electron chi connectivity index (χ0n) is 22.3. The van der Waals surface area contributed by atoms with Crippen LogP contribution in [0.25, 0.3) is 0 Å². The van der Waals surface area contributed by atoms with Crippen LogP contribution in [0, 0.1) is 5.92 Å². The van der Waals surface area contributed by atoms with Crippen molar-refractivity contribution in [2.45, 2.75) is 26.0 Å². The third-order valence-corrected chi connectivity index (χ3v) is 6.56. The van der Waals surface area contributed by atoms with Crippen LogP contribution in [0.4, 0.5) is 5.69 Å². The van der Waals surface area contributed by atoms with Crippen LogP contribution in [0.1, 0.15) is 34.6 Å². The molecule has 0 aliphatic carbocycles. The first-order valence-electron chi connectivity index (χ1n) is 12.8. The molecule has 3 aromatic rings. The summed E-state index contributed by atoms with van der Waals surface area (Å²) < 4.78 is 17.6. The Bertz CT molecular complexity index is 1250. The van der Waals surface area contributed by atoms with E-state index in [9.17, 15) is 9.59 Å². The number of rotatable bonds is 5. The van der Waals surface area contributed by atoms with E-state index in [1.165, 1.54) is 0 Å². The number of amides is 2. The van der Waals surface area contributed by atoms with Crippen LogP contribution in [0.3, 0.4) is 0 Å². The number of anilines is 1. The van der Waals surface area contributed by atoms with E-state index in [0.717, 1.165) is 6.54 Å². The van der Waals surface area contributed by atoms with E-state index in [2.05, 4.69) is 17.6 Å². The Hall–Kier alpha value is -3.88. The van der Waals surface area contributed by atoms with Crippen molar-refractivity contribution in [1.82, 2.24) is 10.2 Å². The fraction of sp³-hybridized carbons (Fsp3) is 0.333. The normalized spacial score (nSPS) is 20.4. The van der Waals surface area contributed by atoms with E-state index in [-0.39, 0.29) is 29.9 Å². The molecule has 0 fully saturated rings. The van der Waals surface area contributed by atoms with Gasteiger partial charge in [-0.15, -0.1) is 0 Å². The molecule has 0 unspecified atom stereocenters. The van der Waals surface area contributed by atoms with Crippen molar-refractivity contribution in [2.75, 3.05) is 39.2 Å². The lowest BCUT2D eigenvalue weighted by atomic mass is 10.0. The number of fused-ring (bicyclic) bond motifs is 1. The lowest BCUT2D eigenvalue weighted by Gasteiger charge is -2.30. The van der Waals surface area contributed by atoms with Gasteiger partial charge in [0.2, 0.25) is 0 Å². The second-order valence-electron chi connectivity index (χ2n) is 9.67. The number of nitrogens with zero attached hydrogens (tertiary/aromatic N) is 1. The number of likely N-dealkylation sites (N-methyl/N-ethyl adjacent to an activating group) is 1. The molecule has 38 heavy (non-hydrogen) atoms. The monoisotopic (exact) mass is 517 g/mol. The number of benzene rings is 3. The highest BCUT2D eigenvalue weighted by molar-refractivity contribution is 6.05. The lowest BCUT2D eigenvalue weighted by molar-refractivity contribution is 0.0281. The van der Waals surface area contributed by atoms with Gasteiger partial charge in [0, 0.05) is 44.5 Å². The molecule has 8 heteroatoms. The van der Waals surface area contributed by atoms with Crippen LogP contribution in [0.15, 0.2) is 72.8 Å². The molecule has 3 aromatic carbocycles. The number of nitrogens with one attached hydrogen (secondary N) is 2. The summed E-state index contributed by atoms with van der Waals surface area (Å²) in [6.07, 6.45) is -0.124. The number of para-hydroxylation sites is 1. The summed E-state index contributed by atoms with van der Waals surface area (Å²) in [5.41, 5.74) is 1.30. The largest absolute Gasteiger partial charge is 0.491 e. The number of ether oxygens (including phenoxy) is 3. The summed E-state index contributed by atoms with van der Waals surface area (Å²) in [5.74, 6) is 1.38. The minimum Gasteiger partial charge on any atom is -0.491 e. The Morgan fingerprint density at radius 3 is 2.55 bits per heavy atom. The first-order chi connectivity index (χ1) is 18.3. The fourth-order valence-corrected chi connectivity index (χ4v) is 4.27. The van der Waals surface area contributed by atoms with Gasteiger partial charge >= 0.3 is 0 Å². The maximum Gasteiger partial charge on any atom is 0.257 e. The molecule has 1 heterocycles. The molecular weight excluding hydrogens is 482 g/mol. The first-order valence-corrected chi connectivity index (χ1v) is 12.8. The van der Waals surface area contributed by atoms with Gasteiger partial charge in [-0.2, -0.15) is 0 Å². The molecule has 1 aliphatic rings. The first kappa shape index (κ1) is 27.2. The smallest absolute Gasteiger partial charge is 0.257 e. The van der Waals surface area contributed by atoms with Crippen LogP contribution in [0.5, 0.6) is 17.2 Å². The highest BCUT2D eigenvalue weighted by Crippen LogP contribution is 2.27. The standard InChI is InChI=1S/C30H35N3O5/c1-20-17-31-21(2)19-37-27-14-13-23(16-26(27)30(35)33(3)18-28(20)36-4)32-29(34)22-9-8-12-25(15-22)38-24-10-6-5-7-11-24/h5-16,20-21,28,31H,17-19H2,1-4H3,(H,32,34)/t20-,21+,28+/m0/s1. The third kappa shape index (κ3) is 6.90. The summed E-state index contributed by atoms with van der Waals surface area (Å²) in [6, 6.07) is 21.5. The zero-order chi connectivity index (χ0) is 27.1. The van der Waals surface area contributed by atoms with Crippen molar-refractivity contribution in [1.29, 1.82) is 0 Å². The highest BCUT2D eigenvalue weighted by atomic mass is 16.5. The van der Waals surface area contributed by atoms with E-state index in [4.69, 9.17) is 14.2 Å². The quantitative estimate of drug-likeness (QED) is 0.504. The van der Waals surface area contributed by atoms with Gasteiger partial charge in [-0.25, -0.2) is 0 Å². The Labute approximate surface area is 223 Å². The van der Waals surface area contributed by atoms with E-state index >= 15 is 0 Å².